The number of aromatic nitrogens is 1. The number of carbonyl (C=O) groups excluding carboxylic acids is 1. The average Bonchev–Trinajstić information content (AvgIpc) is 3.30. The second kappa shape index (κ2) is 16.8. The molecule has 2 aliphatic rings. The number of aromatic hydroxyl groups is 2. The maximum Gasteiger partial charge on any atom is 0.333 e. The van der Waals surface area contributed by atoms with Gasteiger partial charge in [-0.05, 0) is 45.7 Å². The number of aliphatic hydroxyl groups is 7. The van der Waals surface area contributed by atoms with Gasteiger partial charge >= 0.3 is 5.97 Å². The standard InChI is InChI=1S/C27H46N2O14/c1-15-21(34)24(37)22(35)16(41-15)6-5-11-28(12-13-40-27-26(39)25(38)23(36)17(14-30)42-27)10-4-2-3-7-20(33)43-29-18(31)8-9-19(29)32/h8-9,15-17,21-27,30-32,34-39H,2-7,10-14H2,1H3. The van der Waals surface area contributed by atoms with Gasteiger partial charge in [0.1, 0.15) is 42.7 Å². The van der Waals surface area contributed by atoms with Crippen molar-refractivity contribution in [3.63, 3.8) is 0 Å². The van der Waals surface area contributed by atoms with Gasteiger partial charge in [0.05, 0.1) is 25.4 Å². The highest BCUT2D eigenvalue weighted by Crippen LogP contribution is 2.25. The van der Waals surface area contributed by atoms with Crippen LogP contribution in [0.25, 0.3) is 0 Å². The zero-order chi connectivity index (χ0) is 31.7. The molecule has 16 heteroatoms. The third kappa shape index (κ3) is 9.70. The minimum atomic E-state index is -1.55. The molecule has 9 N–H and O–H groups in total. The molecule has 0 aromatic carbocycles. The molecule has 0 saturated carbocycles. The molecule has 2 aliphatic heterocycles. The number of aliphatic hydroxyl groups excluding tert-OH is 7. The molecule has 10 unspecified atom stereocenters. The molecule has 3 rings (SSSR count). The van der Waals surface area contributed by atoms with E-state index in [1.165, 1.54) is 12.1 Å². The molecule has 16 nitrogen and oxygen atoms in total. The molecular weight excluding hydrogens is 576 g/mol. The summed E-state index contributed by atoms with van der Waals surface area (Å²) in [5.74, 6) is -1.43. The van der Waals surface area contributed by atoms with E-state index in [1.807, 2.05) is 4.90 Å². The van der Waals surface area contributed by atoms with Crippen LogP contribution in [0.3, 0.4) is 0 Å². The summed E-state index contributed by atoms with van der Waals surface area (Å²) >= 11 is 0. The number of nitrogens with zero attached hydrogens (tertiary/aromatic N) is 2. The Labute approximate surface area is 249 Å². The fourth-order valence-electron chi connectivity index (χ4n) is 5.15. The highest BCUT2D eigenvalue weighted by Gasteiger charge is 2.44. The van der Waals surface area contributed by atoms with Crippen molar-refractivity contribution >= 4 is 5.97 Å². The zero-order valence-electron chi connectivity index (χ0n) is 24.2. The monoisotopic (exact) mass is 622 g/mol. The number of rotatable bonds is 16. The van der Waals surface area contributed by atoms with Crippen LogP contribution in [0.5, 0.6) is 11.8 Å². The molecule has 1 aromatic heterocycles. The van der Waals surface area contributed by atoms with E-state index >= 15 is 0 Å². The van der Waals surface area contributed by atoms with Crippen LogP contribution in [0, 0.1) is 0 Å². The molecule has 3 heterocycles. The van der Waals surface area contributed by atoms with Gasteiger partial charge in [0.2, 0.25) is 11.8 Å². The maximum absolute atomic E-state index is 12.1. The summed E-state index contributed by atoms with van der Waals surface area (Å²) < 4.78 is 17.3. The molecule has 43 heavy (non-hydrogen) atoms. The molecule has 1 aromatic rings. The number of carbonyl (C=O) groups is 1. The summed E-state index contributed by atoms with van der Waals surface area (Å²) in [5.41, 5.74) is 0. The maximum atomic E-state index is 12.1. The third-order valence-electron chi connectivity index (χ3n) is 7.80. The van der Waals surface area contributed by atoms with Crippen molar-refractivity contribution in [2.45, 2.75) is 107 Å². The average molecular weight is 623 g/mol. The van der Waals surface area contributed by atoms with Crippen molar-refractivity contribution in [3.05, 3.63) is 12.1 Å². The smallest absolute Gasteiger partial charge is 0.333 e. The summed E-state index contributed by atoms with van der Waals surface area (Å²) in [4.78, 5) is 19.0. The van der Waals surface area contributed by atoms with Gasteiger partial charge in [0.15, 0.2) is 6.29 Å². The molecule has 0 bridgehead atoms. The van der Waals surface area contributed by atoms with E-state index in [2.05, 4.69) is 0 Å². The van der Waals surface area contributed by atoms with Gasteiger partial charge in [-0.15, -0.1) is 4.73 Å². The molecule has 0 radical (unpaired) electrons. The summed E-state index contributed by atoms with van der Waals surface area (Å²) in [6, 6.07) is 2.37. The van der Waals surface area contributed by atoms with E-state index in [9.17, 15) is 50.8 Å². The zero-order valence-corrected chi connectivity index (χ0v) is 24.2. The van der Waals surface area contributed by atoms with E-state index in [1.54, 1.807) is 6.92 Å². The van der Waals surface area contributed by atoms with Crippen molar-refractivity contribution in [1.29, 1.82) is 0 Å². The fourth-order valence-corrected chi connectivity index (χ4v) is 5.15. The lowest BCUT2D eigenvalue weighted by Crippen LogP contribution is -2.59. The van der Waals surface area contributed by atoms with Gasteiger partial charge < -0.3 is 69.9 Å². The van der Waals surface area contributed by atoms with E-state index in [0.29, 0.717) is 56.5 Å². The number of hydrogen-bond donors (Lipinski definition) is 9. The first-order chi connectivity index (χ1) is 20.4. The lowest BCUT2D eigenvalue weighted by atomic mass is 9.93. The van der Waals surface area contributed by atoms with Crippen molar-refractivity contribution < 1.29 is 69.8 Å². The largest absolute Gasteiger partial charge is 0.492 e. The van der Waals surface area contributed by atoms with E-state index in [-0.39, 0.29) is 13.0 Å². The topological polar surface area (TPSA) is 244 Å². The molecule has 0 aliphatic carbocycles. The predicted molar refractivity (Wildman–Crippen MR) is 146 cm³/mol. The van der Waals surface area contributed by atoms with Gasteiger partial charge in [0, 0.05) is 25.1 Å². The van der Waals surface area contributed by atoms with Crippen LogP contribution in [0.4, 0.5) is 0 Å². The first-order valence-electron chi connectivity index (χ1n) is 14.6. The van der Waals surface area contributed by atoms with Gasteiger partial charge in [-0.3, -0.25) is 0 Å². The van der Waals surface area contributed by atoms with Gasteiger partial charge in [-0.25, -0.2) is 4.79 Å². The summed E-state index contributed by atoms with van der Waals surface area (Å²) in [7, 11) is 0. The number of ether oxygens (including phenoxy) is 3. The Balaban J connectivity index is 1.47. The lowest BCUT2D eigenvalue weighted by molar-refractivity contribution is -0.301. The van der Waals surface area contributed by atoms with E-state index < -0.39 is 85.6 Å². The fraction of sp³-hybridized carbons (Fsp3) is 0.815. The molecule has 2 fully saturated rings. The minimum absolute atomic E-state index is 0.0561. The molecule has 248 valence electrons. The van der Waals surface area contributed by atoms with Crippen LogP contribution in [0.1, 0.15) is 45.4 Å². The van der Waals surface area contributed by atoms with Gasteiger partial charge in [-0.2, -0.15) is 0 Å². The highest BCUT2D eigenvalue weighted by molar-refractivity contribution is 5.69. The Hall–Kier alpha value is -2.09. The van der Waals surface area contributed by atoms with Crippen molar-refractivity contribution in [2.24, 2.45) is 0 Å². The van der Waals surface area contributed by atoms with Gasteiger partial charge in [0.25, 0.3) is 0 Å². The summed E-state index contributed by atoms with van der Waals surface area (Å²) in [5, 5.41) is 89.0. The first kappa shape index (κ1) is 35.4. The van der Waals surface area contributed by atoms with Crippen LogP contribution < -0.4 is 4.84 Å². The lowest BCUT2D eigenvalue weighted by Gasteiger charge is -2.40. The quantitative estimate of drug-likeness (QED) is 0.0845. The van der Waals surface area contributed by atoms with Crippen LogP contribution in [0.2, 0.25) is 0 Å². The first-order valence-corrected chi connectivity index (χ1v) is 14.6. The highest BCUT2D eigenvalue weighted by atomic mass is 16.7. The molecule has 0 spiro atoms. The van der Waals surface area contributed by atoms with E-state index in [0.717, 1.165) is 0 Å². The third-order valence-corrected chi connectivity index (χ3v) is 7.80. The van der Waals surface area contributed by atoms with Crippen molar-refractivity contribution in [1.82, 2.24) is 9.63 Å². The second-order valence-corrected chi connectivity index (χ2v) is 11.0. The number of unbranched alkanes of at least 4 members (excludes halogenated alkanes) is 2. The molecule has 2 saturated heterocycles. The summed E-state index contributed by atoms with van der Waals surface area (Å²) in [6.45, 7) is 2.61. The molecular formula is C27H46N2O14. The molecule has 10 atom stereocenters. The Morgan fingerprint density at radius 1 is 0.814 bits per heavy atom. The number of hydrogen-bond acceptors (Lipinski definition) is 15. The van der Waals surface area contributed by atoms with Crippen LogP contribution in [-0.2, 0) is 19.0 Å². The molecule has 0 amide bonds. The van der Waals surface area contributed by atoms with Crippen LogP contribution >= 0.6 is 0 Å². The predicted octanol–water partition coefficient (Wildman–Crippen LogP) is -2.82. The van der Waals surface area contributed by atoms with Crippen molar-refractivity contribution in [2.75, 3.05) is 32.8 Å². The Morgan fingerprint density at radius 2 is 1.44 bits per heavy atom. The second-order valence-electron chi connectivity index (χ2n) is 11.0. The summed E-state index contributed by atoms with van der Waals surface area (Å²) in [6.07, 6.45) is -9.10. The van der Waals surface area contributed by atoms with Gasteiger partial charge in [-0.1, -0.05) is 6.42 Å². The Bertz CT molecular complexity index is 960. The Kier molecular flexibility index (Phi) is 13.9. The normalized spacial score (nSPS) is 33.1. The minimum Gasteiger partial charge on any atom is -0.492 e. The van der Waals surface area contributed by atoms with Crippen molar-refractivity contribution in [3.8, 4) is 11.8 Å². The van der Waals surface area contributed by atoms with Crippen LogP contribution in [-0.4, -0.2) is 156 Å². The Morgan fingerprint density at radius 3 is 2.12 bits per heavy atom. The van der Waals surface area contributed by atoms with E-state index in [4.69, 9.17) is 19.0 Å². The van der Waals surface area contributed by atoms with Crippen LogP contribution in [0.15, 0.2) is 12.1 Å². The SMILES string of the molecule is CC1OC(CCCN(CCCCCC(=O)On2c(O)ccc2O)CCOC2OC(CO)C(O)C(O)C2O)C(O)C(O)C1O.